The Labute approximate surface area is 172 Å². The molecule has 0 aliphatic heterocycles. The number of carbonyl (C=O) groups is 2. The van der Waals surface area contributed by atoms with Crippen molar-refractivity contribution in [1.29, 1.82) is 0 Å². The summed E-state index contributed by atoms with van der Waals surface area (Å²) in [5.74, 6) is -0.428. The molecule has 0 aliphatic rings. The van der Waals surface area contributed by atoms with Crippen LogP contribution in [-0.4, -0.2) is 18.0 Å². The van der Waals surface area contributed by atoms with Gasteiger partial charge in [0, 0.05) is 11.1 Å². The van der Waals surface area contributed by atoms with Crippen LogP contribution < -0.4 is 10.2 Å². The summed E-state index contributed by atoms with van der Waals surface area (Å²) in [6, 6.07) is 21.0. The summed E-state index contributed by atoms with van der Waals surface area (Å²) in [5.41, 5.74) is 0.496. The Kier molecular flexibility index (Phi) is 8.35. The number of carbonyl (C=O) groups excluding carboxylic acids is 2. The number of hydrogen-bond donors (Lipinski definition) is 0. The van der Waals surface area contributed by atoms with Crippen LogP contribution >= 0.6 is 0 Å². The number of rotatable bonds is 2. The third-order valence-corrected chi connectivity index (χ3v) is 4.10. The molecule has 5 nitrogen and oxygen atoms in total. The molecule has 2 N–H and O–H groups in total. The van der Waals surface area contributed by atoms with E-state index < -0.39 is 0 Å². The minimum Gasteiger partial charge on any atom is -0.872 e. The summed E-state index contributed by atoms with van der Waals surface area (Å²) in [5, 5.41) is 25.8. The Bertz CT molecular complexity index is 1020. The van der Waals surface area contributed by atoms with Crippen molar-refractivity contribution in [3.8, 4) is 11.5 Å². The molecule has 0 unspecified atom stereocenters. The normalized spacial score (nSPS) is 9.43. The summed E-state index contributed by atoms with van der Waals surface area (Å²) in [6.45, 7) is 0. The quantitative estimate of drug-likeness (QED) is 0.364. The van der Waals surface area contributed by atoms with Gasteiger partial charge in [-0.25, -0.2) is 0 Å². The van der Waals surface area contributed by atoms with Crippen molar-refractivity contribution in [3.63, 3.8) is 0 Å². The smallest absolute Gasteiger partial charge is 0.872 e. The Hall–Kier alpha value is -3.18. The molecule has 4 rings (SSSR count). The molecule has 6 heteroatoms. The van der Waals surface area contributed by atoms with Crippen LogP contribution in [0.2, 0.25) is 0 Å². The number of hydrogen-bond acceptors (Lipinski definition) is 4. The van der Waals surface area contributed by atoms with E-state index in [1.165, 1.54) is 12.1 Å². The number of fused-ring (bicyclic) bond motifs is 2. The molecule has 4 aromatic rings. The van der Waals surface area contributed by atoms with Crippen LogP contribution in [0.5, 0.6) is 11.5 Å². The molecule has 1 radical (unpaired) electrons. The molecule has 0 spiro atoms. The number of aldehydes is 2. The van der Waals surface area contributed by atoms with Crippen LogP contribution in [0, 0.1) is 0 Å². The van der Waals surface area contributed by atoms with Crippen molar-refractivity contribution in [2.75, 3.05) is 0 Å². The fourth-order valence-electron chi connectivity index (χ4n) is 2.79. The van der Waals surface area contributed by atoms with E-state index in [1.54, 1.807) is 24.3 Å². The molecular weight excluding hydrogens is 408 g/mol. The molecule has 0 atom stereocenters. The molecule has 0 heterocycles. The second-order valence-corrected chi connectivity index (χ2v) is 5.63. The zero-order chi connectivity index (χ0) is 18.5. The molecule has 28 heavy (non-hydrogen) atoms. The standard InChI is InChI=1S/2C11H8O2.Cu.H2O/c2*12-7-10-9-4-2-1-3-8(9)5-6-11(10)13;;/h2*1-7,13H;;1H2/q;;+2;/p-2. The fraction of sp³-hybridized carbons (Fsp3) is 0. The molecule has 0 aromatic heterocycles. The minimum absolute atomic E-state index is 0. The van der Waals surface area contributed by atoms with E-state index in [-0.39, 0.29) is 45.2 Å². The molecule has 0 bridgehead atoms. The Morgan fingerprint density at radius 3 is 1.29 bits per heavy atom. The summed E-state index contributed by atoms with van der Waals surface area (Å²) >= 11 is 0. The Morgan fingerprint density at radius 2 is 0.929 bits per heavy atom. The predicted octanol–water partition coefficient (Wildman–Crippen LogP) is 2.62. The van der Waals surface area contributed by atoms with Gasteiger partial charge in [-0.3, -0.25) is 9.59 Å². The minimum atomic E-state index is -0.214. The summed E-state index contributed by atoms with van der Waals surface area (Å²) in [7, 11) is 0. The van der Waals surface area contributed by atoms with Gasteiger partial charge in [0.05, 0.1) is 0 Å². The fourth-order valence-corrected chi connectivity index (χ4v) is 2.79. The maximum Gasteiger partial charge on any atom is 2.00 e. The van der Waals surface area contributed by atoms with Gasteiger partial charge in [0.25, 0.3) is 0 Å². The zero-order valence-electron chi connectivity index (χ0n) is 14.5. The largest absolute Gasteiger partial charge is 2.00 e. The Balaban J connectivity index is 0.000000261. The maximum absolute atomic E-state index is 11.2. The van der Waals surface area contributed by atoms with Crippen LogP contribution in [0.15, 0.2) is 72.8 Å². The van der Waals surface area contributed by atoms with Gasteiger partial charge in [0.1, 0.15) is 12.6 Å². The molecule has 0 saturated heterocycles. The van der Waals surface area contributed by atoms with Gasteiger partial charge < -0.3 is 15.7 Å². The van der Waals surface area contributed by atoms with Crippen LogP contribution in [-0.2, 0) is 17.1 Å². The van der Waals surface area contributed by atoms with Crippen LogP contribution in [0.4, 0.5) is 0 Å². The van der Waals surface area contributed by atoms with Crippen LogP contribution in [0.3, 0.4) is 0 Å². The third kappa shape index (κ3) is 4.56. The van der Waals surface area contributed by atoms with E-state index in [9.17, 15) is 19.8 Å². The first-order chi connectivity index (χ1) is 12.7. The van der Waals surface area contributed by atoms with Crippen LogP contribution in [0.1, 0.15) is 20.7 Å². The zero-order valence-corrected chi connectivity index (χ0v) is 15.5. The van der Waals surface area contributed by atoms with Gasteiger partial charge in [0.15, 0.2) is 0 Å². The average molecular weight is 424 g/mol. The predicted molar refractivity (Wildman–Crippen MR) is 101 cm³/mol. The molecule has 0 aliphatic carbocycles. The van der Waals surface area contributed by atoms with Crippen LogP contribution in [0.25, 0.3) is 21.5 Å². The van der Waals surface area contributed by atoms with E-state index in [4.69, 9.17) is 0 Å². The van der Waals surface area contributed by atoms with Gasteiger partial charge in [-0.15, -0.1) is 0 Å². The maximum atomic E-state index is 11.2. The molecular formula is C22H16CuO5. The summed E-state index contributed by atoms with van der Waals surface area (Å²) in [6.07, 6.45) is 1.23. The Morgan fingerprint density at radius 1 is 0.571 bits per heavy atom. The molecule has 145 valence electrons. The van der Waals surface area contributed by atoms with Gasteiger partial charge in [-0.2, -0.15) is 0 Å². The monoisotopic (exact) mass is 423 g/mol. The summed E-state index contributed by atoms with van der Waals surface area (Å²) < 4.78 is 0. The third-order valence-electron chi connectivity index (χ3n) is 4.10. The van der Waals surface area contributed by atoms with E-state index in [0.717, 1.165) is 21.5 Å². The second kappa shape index (κ2) is 10.2. The van der Waals surface area contributed by atoms with Gasteiger partial charge in [0.2, 0.25) is 0 Å². The first-order valence-corrected chi connectivity index (χ1v) is 7.93. The van der Waals surface area contributed by atoms with E-state index >= 15 is 0 Å². The van der Waals surface area contributed by atoms with Gasteiger partial charge in [-0.1, -0.05) is 84.3 Å². The van der Waals surface area contributed by atoms with Gasteiger partial charge in [-0.05, 0) is 21.5 Å². The van der Waals surface area contributed by atoms with E-state index in [0.29, 0.717) is 12.6 Å². The molecule has 4 aromatic carbocycles. The van der Waals surface area contributed by atoms with E-state index in [1.807, 2.05) is 36.4 Å². The van der Waals surface area contributed by atoms with Crippen molar-refractivity contribution in [1.82, 2.24) is 0 Å². The SMILES string of the molecule is O.O=Cc1c([O-])ccc2ccccc12.O=Cc1c([O-])ccc2ccccc12.[Cu+2]. The first kappa shape index (κ1) is 22.9. The topological polar surface area (TPSA) is 112 Å². The summed E-state index contributed by atoms with van der Waals surface area (Å²) in [4.78, 5) is 21.3. The average Bonchev–Trinajstić information content (AvgIpc) is 2.68. The molecule has 0 saturated carbocycles. The molecule has 0 amide bonds. The van der Waals surface area contributed by atoms with Crippen molar-refractivity contribution in [3.05, 3.63) is 83.9 Å². The molecule has 0 fully saturated rings. The van der Waals surface area contributed by atoms with E-state index in [2.05, 4.69) is 0 Å². The van der Waals surface area contributed by atoms with Crippen molar-refractivity contribution in [2.45, 2.75) is 0 Å². The first-order valence-electron chi connectivity index (χ1n) is 7.93. The number of benzene rings is 4. The van der Waals surface area contributed by atoms with Crippen molar-refractivity contribution >= 4 is 34.1 Å². The second-order valence-electron chi connectivity index (χ2n) is 5.63. The van der Waals surface area contributed by atoms with Crippen molar-refractivity contribution in [2.24, 2.45) is 0 Å². The van der Waals surface area contributed by atoms with Crippen molar-refractivity contribution < 1.29 is 42.3 Å². The van der Waals surface area contributed by atoms with Gasteiger partial charge >= 0.3 is 17.1 Å².